The number of unbranched alkanes of at least 4 members (excludes halogenated alkanes) is 2. The quantitative estimate of drug-likeness (QED) is 0.0975. The highest BCUT2D eigenvalue weighted by Gasteiger charge is 2.45. The molecular formula is C38H50N2O5S. The van der Waals surface area contributed by atoms with Crippen LogP contribution in [-0.4, -0.2) is 53.2 Å². The highest BCUT2D eigenvalue weighted by atomic mass is 32.2. The summed E-state index contributed by atoms with van der Waals surface area (Å²) in [4.78, 5) is 13.5. The molecule has 0 amide bonds. The molecule has 2 aromatic rings. The number of anilines is 1. The van der Waals surface area contributed by atoms with Gasteiger partial charge >= 0.3 is 5.97 Å². The molecule has 1 unspecified atom stereocenters. The molecule has 2 aromatic carbocycles. The van der Waals surface area contributed by atoms with Crippen molar-refractivity contribution in [2.24, 2.45) is 0 Å². The Morgan fingerprint density at radius 3 is 2.35 bits per heavy atom. The summed E-state index contributed by atoms with van der Waals surface area (Å²) in [6.07, 6.45) is 13.7. The van der Waals surface area contributed by atoms with Crippen LogP contribution in [0.1, 0.15) is 94.0 Å². The normalized spacial score (nSPS) is 20.0. The van der Waals surface area contributed by atoms with Gasteiger partial charge in [-0.05, 0) is 104 Å². The minimum Gasteiger partial charge on any atom is -0.748 e. The minimum absolute atomic E-state index is 0.126. The van der Waals surface area contributed by atoms with Crippen molar-refractivity contribution in [2.75, 3.05) is 23.7 Å². The van der Waals surface area contributed by atoms with Gasteiger partial charge in [0.25, 0.3) is 0 Å². The van der Waals surface area contributed by atoms with Crippen LogP contribution < -0.4 is 4.90 Å². The first kappa shape index (κ1) is 35.4. The molecule has 0 bridgehead atoms. The molecule has 248 valence electrons. The second-order valence-corrected chi connectivity index (χ2v) is 15.1. The number of rotatable bonds is 14. The number of fused-ring (bicyclic) bond motifs is 2. The van der Waals surface area contributed by atoms with Crippen molar-refractivity contribution in [1.29, 1.82) is 0 Å². The van der Waals surface area contributed by atoms with Crippen LogP contribution >= 0.6 is 0 Å². The minimum atomic E-state index is -4.26. The monoisotopic (exact) mass is 646 g/mol. The number of aliphatic carboxylic acids is 1. The van der Waals surface area contributed by atoms with Crippen LogP contribution in [0.5, 0.6) is 0 Å². The van der Waals surface area contributed by atoms with Crippen LogP contribution in [-0.2, 0) is 25.7 Å². The van der Waals surface area contributed by atoms with Gasteiger partial charge in [0.1, 0.15) is 6.54 Å². The molecule has 2 aliphatic heterocycles. The lowest BCUT2D eigenvalue weighted by Crippen LogP contribution is -2.29. The van der Waals surface area contributed by atoms with Crippen molar-refractivity contribution in [3.05, 3.63) is 94.2 Å². The maximum atomic E-state index is 11.3. The van der Waals surface area contributed by atoms with Crippen molar-refractivity contribution in [3.8, 4) is 0 Å². The summed E-state index contributed by atoms with van der Waals surface area (Å²) in [5, 5.41) is 9.22. The summed E-state index contributed by atoms with van der Waals surface area (Å²) in [6, 6.07) is 11.0. The number of carboxylic acid groups (broad SMARTS) is 1. The molecule has 1 atom stereocenters. The van der Waals surface area contributed by atoms with E-state index in [0.717, 1.165) is 36.3 Å². The van der Waals surface area contributed by atoms with E-state index in [9.17, 15) is 22.9 Å². The molecule has 0 aliphatic carbocycles. The Morgan fingerprint density at radius 2 is 1.67 bits per heavy atom. The van der Waals surface area contributed by atoms with E-state index in [4.69, 9.17) is 0 Å². The van der Waals surface area contributed by atoms with Crippen molar-refractivity contribution < 1.29 is 27.4 Å². The van der Waals surface area contributed by atoms with E-state index in [-0.39, 0.29) is 23.0 Å². The topological polar surface area (TPSA) is 101 Å². The lowest BCUT2D eigenvalue weighted by atomic mass is 9.76. The number of carboxylic acids is 1. The highest BCUT2D eigenvalue weighted by Crippen LogP contribution is 2.51. The van der Waals surface area contributed by atoms with E-state index in [2.05, 4.69) is 119 Å². The lowest BCUT2D eigenvalue weighted by molar-refractivity contribution is -0.433. The Kier molecular flexibility index (Phi) is 10.8. The number of aryl methyl sites for hydroxylation is 3. The van der Waals surface area contributed by atoms with Gasteiger partial charge in [0.05, 0.1) is 15.5 Å². The van der Waals surface area contributed by atoms with Crippen molar-refractivity contribution in [1.82, 2.24) is 0 Å². The zero-order chi connectivity index (χ0) is 33.9. The van der Waals surface area contributed by atoms with Crippen molar-refractivity contribution >= 4 is 33.2 Å². The van der Waals surface area contributed by atoms with Gasteiger partial charge in [0, 0.05) is 52.7 Å². The van der Waals surface area contributed by atoms with Gasteiger partial charge in [0.2, 0.25) is 5.69 Å². The van der Waals surface area contributed by atoms with Crippen LogP contribution in [0.15, 0.2) is 66.4 Å². The molecule has 0 aromatic heterocycles. The number of hydrogen-bond acceptors (Lipinski definition) is 5. The number of hydrogen-bond donors (Lipinski definition) is 1. The number of benzene rings is 2. The van der Waals surface area contributed by atoms with E-state index in [0.29, 0.717) is 25.8 Å². The third kappa shape index (κ3) is 7.55. The van der Waals surface area contributed by atoms with Gasteiger partial charge in [-0.15, -0.1) is 0 Å². The molecule has 0 saturated heterocycles. The first-order valence-corrected chi connectivity index (χ1v) is 18.0. The average Bonchev–Trinajstić information content (AvgIpc) is 3.32. The fourth-order valence-corrected chi connectivity index (χ4v) is 7.91. The molecule has 2 heterocycles. The van der Waals surface area contributed by atoms with Crippen molar-refractivity contribution in [3.63, 3.8) is 0 Å². The summed E-state index contributed by atoms with van der Waals surface area (Å²) in [7, 11) is -4.26. The number of carbonyl (C=O) groups is 1. The predicted octanol–water partition coefficient (Wildman–Crippen LogP) is 7.75. The summed E-state index contributed by atoms with van der Waals surface area (Å²) in [5.74, 6) is -1.16. The Labute approximate surface area is 275 Å². The molecule has 46 heavy (non-hydrogen) atoms. The van der Waals surface area contributed by atoms with Crippen molar-refractivity contribution in [2.45, 2.75) is 97.8 Å². The first-order chi connectivity index (χ1) is 21.6. The highest BCUT2D eigenvalue weighted by molar-refractivity contribution is 7.85. The summed E-state index contributed by atoms with van der Waals surface area (Å²) >= 11 is 0. The zero-order valence-electron chi connectivity index (χ0n) is 28.5. The SMILES string of the molecule is CC[N+]1=C(/C=C/C=C/C=C2/N(CCCCS(=O)(=O)[O-])c3ccc(C)cc3C2(C)CCCCC(=O)O)C(C)(C)c2cc(C)cc(C)c21. The van der Waals surface area contributed by atoms with Gasteiger partial charge in [-0.1, -0.05) is 47.9 Å². The fourth-order valence-electron chi connectivity index (χ4n) is 7.35. The second-order valence-electron chi connectivity index (χ2n) is 13.6. The van der Waals surface area contributed by atoms with Crippen LogP contribution in [0, 0.1) is 20.8 Å². The molecule has 1 N–H and O–H groups in total. The van der Waals surface area contributed by atoms with Gasteiger partial charge < -0.3 is 14.6 Å². The summed E-state index contributed by atoms with van der Waals surface area (Å²) in [6.45, 7) is 16.9. The maximum absolute atomic E-state index is 11.3. The third-order valence-electron chi connectivity index (χ3n) is 9.60. The van der Waals surface area contributed by atoms with Gasteiger partial charge in [-0.25, -0.2) is 8.42 Å². The molecular weight excluding hydrogens is 596 g/mol. The Morgan fingerprint density at radius 1 is 0.957 bits per heavy atom. The smallest absolute Gasteiger partial charge is 0.303 e. The Hall–Kier alpha value is -3.49. The van der Waals surface area contributed by atoms with E-state index in [1.54, 1.807) is 0 Å². The van der Waals surface area contributed by atoms with Crippen LogP contribution in [0.25, 0.3) is 0 Å². The van der Waals surface area contributed by atoms with E-state index < -0.39 is 16.1 Å². The maximum Gasteiger partial charge on any atom is 0.303 e. The summed E-state index contributed by atoms with van der Waals surface area (Å²) < 4.78 is 36.2. The van der Waals surface area contributed by atoms with Crippen LogP contribution in [0.3, 0.4) is 0 Å². The molecule has 0 spiro atoms. The van der Waals surface area contributed by atoms with Crippen LogP contribution in [0.4, 0.5) is 11.4 Å². The van der Waals surface area contributed by atoms with E-state index in [1.807, 2.05) is 0 Å². The average molecular weight is 647 g/mol. The molecule has 7 nitrogen and oxygen atoms in total. The predicted molar refractivity (Wildman–Crippen MR) is 187 cm³/mol. The molecule has 2 aliphatic rings. The second kappa shape index (κ2) is 14.1. The van der Waals surface area contributed by atoms with E-state index >= 15 is 0 Å². The van der Waals surface area contributed by atoms with E-state index in [1.165, 1.54) is 33.7 Å². The molecule has 0 radical (unpaired) electrons. The third-order valence-corrected chi connectivity index (χ3v) is 10.4. The van der Waals surface area contributed by atoms with Crippen LogP contribution in [0.2, 0.25) is 0 Å². The number of allylic oxidation sites excluding steroid dienone is 6. The standard InChI is InChI=1S/C38H50N2O5S/c1-8-39-33(37(5,6)31-26-28(3)24-29(4)36(31)39)16-10-9-11-17-34-38(7,21-13-12-18-35(41)42)30-25-27(2)19-20-32(30)40(34)22-14-15-23-46(43,44)45/h9-11,16-17,19-20,24-26H,8,12-15,18,21-23H2,1-7H3,(H-,41,42,43,44,45). The summed E-state index contributed by atoms with van der Waals surface area (Å²) in [5.41, 5.74) is 10.5. The zero-order valence-corrected chi connectivity index (χ0v) is 29.3. The fraction of sp³-hybridized carbons (Fsp3) is 0.474. The molecule has 0 fully saturated rings. The largest absolute Gasteiger partial charge is 0.748 e. The first-order valence-electron chi connectivity index (χ1n) is 16.5. The van der Waals surface area contributed by atoms with Gasteiger partial charge in [-0.3, -0.25) is 4.79 Å². The van der Waals surface area contributed by atoms with Gasteiger partial charge in [0.15, 0.2) is 5.71 Å². The molecule has 0 saturated carbocycles. The lowest BCUT2D eigenvalue weighted by Gasteiger charge is -2.30. The van der Waals surface area contributed by atoms with Gasteiger partial charge in [-0.2, -0.15) is 4.58 Å². The Bertz CT molecular complexity index is 1710. The number of nitrogens with zero attached hydrogens (tertiary/aromatic N) is 2. The Balaban J connectivity index is 1.67. The molecule has 4 rings (SSSR count). The molecule has 8 heteroatoms.